The van der Waals surface area contributed by atoms with E-state index in [1.54, 1.807) is 4.90 Å². The number of benzene rings is 1. The van der Waals surface area contributed by atoms with Crippen LogP contribution >= 0.6 is 11.6 Å². The number of pyridine rings is 1. The van der Waals surface area contributed by atoms with Crippen molar-refractivity contribution in [1.82, 2.24) is 19.8 Å². The van der Waals surface area contributed by atoms with Crippen molar-refractivity contribution in [2.24, 2.45) is 11.8 Å². The first-order valence-electron chi connectivity index (χ1n) is 10.4. The number of carbonyl (C=O) groups excluding carboxylic acids is 3. The van der Waals surface area contributed by atoms with E-state index in [2.05, 4.69) is 9.97 Å². The van der Waals surface area contributed by atoms with Crippen molar-refractivity contribution in [2.75, 3.05) is 33.3 Å². The average Bonchev–Trinajstić information content (AvgIpc) is 3.52. The number of ether oxygens (including phenoxy) is 1. The lowest BCUT2D eigenvalue weighted by Crippen LogP contribution is -2.38. The van der Waals surface area contributed by atoms with E-state index in [0.29, 0.717) is 48.4 Å². The van der Waals surface area contributed by atoms with Crippen LogP contribution in [0.3, 0.4) is 0 Å². The summed E-state index contributed by atoms with van der Waals surface area (Å²) in [6, 6.07) is 9.19. The predicted molar refractivity (Wildman–Crippen MR) is 118 cm³/mol. The topological polar surface area (TPSA) is 95.6 Å². The Bertz CT molecular complexity index is 1210. The van der Waals surface area contributed by atoms with Crippen LogP contribution in [0, 0.1) is 11.8 Å². The van der Waals surface area contributed by atoms with Gasteiger partial charge in [0.1, 0.15) is 5.75 Å². The van der Waals surface area contributed by atoms with E-state index in [0.717, 1.165) is 0 Å². The molecule has 2 atom stereocenters. The van der Waals surface area contributed by atoms with E-state index in [1.807, 2.05) is 35.2 Å². The van der Waals surface area contributed by atoms with Crippen LogP contribution in [0.4, 0.5) is 0 Å². The molecule has 2 amide bonds. The van der Waals surface area contributed by atoms with Crippen LogP contribution in [0.25, 0.3) is 10.9 Å². The molecule has 2 fully saturated rings. The molecule has 164 valence electrons. The van der Waals surface area contributed by atoms with E-state index < -0.39 is 11.7 Å². The quantitative estimate of drug-likeness (QED) is 0.373. The van der Waals surface area contributed by atoms with Crippen LogP contribution < -0.4 is 4.74 Å². The third-order valence-corrected chi connectivity index (χ3v) is 6.65. The Balaban J connectivity index is 1.30. The molecule has 3 aromatic rings. The smallest absolute Gasteiger partial charge is 0.295 e. The number of ketones is 1. The summed E-state index contributed by atoms with van der Waals surface area (Å²) in [5.74, 6) is -0.475. The molecule has 8 nitrogen and oxygen atoms in total. The molecule has 1 N–H and O–H groups in total. The second-order valence-corrected chi connectivity index (χ2v) is 8.56. The number of amides is 2. The Hall–Kier alpha value is -3.39. The number of aromatic nitrogens is 2. The maximum atomic E-state index is 13.1. The fourth-order valence-corrected chi connectivity index (χ4v) is 4.96. The zero-order valence-corrected chi connectivity index (χ0v) is 18.1. The van der Waals surface area contributed by atoms with Gasteiger partial charge in [-0.25, -0.2) is 4.98 Å². The fourth-order valence-electron chi connectivity index (χ4n) is 4.77. The SMILES string of the molecule is COc1cnc(Cl)c2[nH]cc(C(=O)C(=O)N3CC4CN(C(=O)c5ccccc5)CC4C3)c12. The first kappa shape index (κ1) is 20.5. The monoisotopic (exact) mass is 452 g/mol. The highest BCUT2D eigenvalue weighted by Gasteiger charge is 2.44. The lowest BCUT2D eigenvalue weighted by Gasteiger charge is -2.21. The van der Waals surface area contributed by atoms with E-state index in [4.69, 9.17) is 16.3 Å². The lowest BCUT2D eigenvalue weighted by molar-refractivity contribution is -0.125. The fraction of sp³-hybridized carbons (Fsp3) is 0.304. The van der Waals surface area contributed by atoms with Crippen molar-refractivity contribution in [1.29, 1.82) is 0 Å². The summed E-state index contributed by atoms with van der Waals surface area (Å²) in [5.41, 5.74) is 1.33. The van der Waals surface area contributed by atoms with Crippen molar-refractivity contribution in [3.8, 4) is 5.75 Å². The van der Waals surface area contributed by atoms with Gasteiger partial charge in [-0.1, -0.05) is 29.8 Å². The molecule has 2 saturated heterocycles. The van der Waals surface area contributed by atoms with Gasteiger partial charge in [0.2, 0.25) is 0 Å². The summed E-state index contributed by atoms with van der Waals surface area (Å²) < 4.78 is 5.31. The first-order chi connectivity index (χ1) is 15.5. The summed E-state index contributed by atoms with van der Waals surface area (Å²) >= 11 is 6.12. The molecule has 4 heterocycles. The Morgan fingerprint density at radius 3 is 2.38 bits per heavy atom. The minimum atomic E-state index is -0.617. The number of methoxy groups -OCH3 is 1. The molecule has 1 aromatic carbocycles. The number of aromatic amines is 1. The predicted octanol–water partition coefficient (Wildman–Crippen LogP) is 2.64. The number of halogens is 1. The van der Waals surface area contributed by atoms with Gasteiger partial charge in [-0.2, -0.15) is 0 Å². The molecule has 2 aromatic heterocycles. The second kappa shape index (κ2) is 7.94. The number of hydrogen-bond donors (Lipinski definition) is 1. The molecular weight excluding hydrogens is 432 g/mol. The molecule has 0 radical (unpaired) electrons. The molecular formula is C23H21ClN4O4. The van der Waals surface area contributed by atoms with Gasteiger partial charge >= 0.3 is 0 Å². The number of fused-ring (bicyclic) bond motifs is 2. The van der Waals surface area contributed by atoms with Gasteiger partial charge in [0, 0.05) is 49.8 Å². The number of carbonyl (C=O) groups is 3. The summed E-state index contributed by atoms with van der Waals surface area (Å²) in [6.45, 7) is 2.07. The maximum Gasteiger partial charge on any atom is 0.295 e. The van der Waals surface area contributed by atoms with E-state index >= 15 is 0 Å². The van der Waals surface area contributed by atoms with Crippen molar-refractivity contribution < 1.29 is 19.1 Å². The molecule has 2 unspecified atom stereocenters. The van der Waals surface area contributed by atoms with Crippen LogP contribution in [0.2, 0.25) is 5.15 Å². The molecule has 2 aliphatic heterocycles. The number of nitrogens with zero attached hydrogens (tertiary/aromatic N) is 3. The number of Topliss-reactive ketones (excluding diaryl/α,β-unsaturated/α-hetero) is 1. The van der Waals surface area contributed by atoms with Crippen molar-refractivity contribution in [3.63, 3.8) is 0 Å². The molecule has 2 aliphatic rings. The van der Waals surface area contributed by atoms with Crippen molar-refractivity contribution in [2.45, 2.75) is 0 Å². The molecule has 0 bridgehead atoms. The number of H-pyrrole nitrogens is 1. The number of rotatable bonds is 4. The van der Waals surface area contributed by atoms with Gasteiger partial charge in [0.05, 0.1) is 29.8 Å². The highest BCUT2D eigenvalue weighted by molar-refractivity contribution is 6.45. The Kier molecular flexibility index (Phi) is 5.09. The molecule has 32 heavy (non-hydrogen) atoms. The largest absolute Gasteiger partial charge is 0.494 e. The summed E-state index contributed by atoms with van der Waals surface area (Å²) in [5, 5.41) is 0.649. The highest BCUT2D eigenvalue weighted by atomic mass is 35.5. The summed E-state index contributed by atoms with van der Waals surface area (Å²) in [7, 11) is 1.47. The molecule has 0 aliphatic carbocycles. The van der Waals surface area contributed by atoms with E-state index in [-0.39, 0.29) is 28.5 Å². The third-order valence-electron chi connectivity index (χ3n) is 6.37. The zero-order valence-electron chi connectivity index (χ0n) is 17.4. The van der Waals surface area contributed by atoms with E-state index in [1.165, 1.54) is 19.5 Å². The second-order valence-electron chi connectivity index (χ2n) is 8.21. The number of hydrogen-bond acceptors (Lipinski definition) is 5. The van der Waals surface area contributed by atoms with Gasteiger partial charge in [0.15, 0.2) is 5.15 Å². The normalized spacial score (nSPS) is 19.9. The molecule has 5 rings (SSSR count). The van der Waals surface area contributed by atoms with Crippen LogP contribution in [-0.4, -0.2) is 70.7 Å². The zero-order chi connectivity index (χ0) is 22.4. The van der Waals surface area contributed by atoms with Gasteiger partial charge in [-0.15, -0.1) is 0 Å². The van der Waals surface area contributed by atoms with Gasteiger partial charge < -0.3 is 19.5 Å². The Morgan fingerprint density at radius 1 is 1.06 bits per heavy atom. The molecule has 0 saturated carbocycles. The third kappa shape index (κ3) is 3.31. The maximum absolute atomic E-state index is 13.1. The highest BCUT2D eigenvalue weighted by Crippen LogP contribution is 2.34. The number of likely N-dealkylation sites (tertiary alicyclic amines) is 2. The van der Waals surface area contributed by atoms with Crippen LogP contribution in [-0.2, 0) is 4.79 Å². The average molecular weight is 453 g/mol. The van der Waals surface area contributed by atoms with Crippen molar-refractivity contribution in [3.05, 3.63) is 59.0 Å². The van der Waals surface area contributed by atoms with Crippen LogP contribution in [0.5, 0.6) is 5.75 Å². The Labute approximate surface area is 189 Å². The minimum Gasteiger partial charge on any atom is -0.494 e. The lowest BCUT2D eigenvalue weighted by atomic mass is 10.0. The summed E-state index contributed by atoms with van der Waals surface area (Å²) in [4.78, 5) is 49.2. The first-order valence-corrected chi connectivity index (χ1v) is 10.7. The number of nitrogens with one attached hydrogen (secondary N) is 1. The van der Waals surface area contributed by atoms with Crippen LogP contribution in [0.15, 0.2) is 42.7 Å². The summed E-state index contributed by atoms with van der Waals surface area (Å²) in [6.07, 6.45) is 2.90. The van der Waals surface area contributed by atoms with E-state index in [9.17, 15) is 14.4 Å². The standard InChI is InChI=1S/C23H21ClN4O4/c1-32-17-8-26-21(24)19-18(17)16(7-25-19)20(29)23(31)28-11-14-9-27(10-15(14)12-28)22(30)13-5-3-2-4-6-13/h2-8,14-15,25H,9-12H2,1H3. The van der Waals surface area contributed by atoms with Gasteiger partial charge in [0.25, 0.3) is 17.6 Å². The van der Waals surface area contributed by atoms with Gasteiger partial charge in [-0.3, -0.25) is 14.4 Å². The molecule has 0 spiro atoms. The van der Waals surface area contributed by atoms with Gasteiger partial charge in [-0.05, 0) is 12.1 Å². The minimum absolute atomic E-state index is 0.00493. The van der Waals surface area contributed by atoms with Crippen LogP contribution in [0.1, 0.15) is 20.7 Å². The van der Waals surface area contributed by atoms with Crippen molar-refractivity contribution >= 4 is 40.1 Å². The Morgan fingerprint density at radius 2 is 1.72 bits per heavy atom. The molecule has 9 heteroatoms.